The Morgan fingerprint density at radius 3 is 1.16 bits per heavy atom. The van der Waals surface area contributed by atoms with E-state index in [1.165, 1.54) is 21.7 Å². The van der Waals surface area contributed by atoms with E-state index in [9.17, 15) is 0 Å². The summed E-state index contributed by atoms with van der Waals surface area (Å²) in [6.45, 7) is 0. The highest BCUT2D eigenvalue weighted by atomic mass is 15.2. The average molecular weight is 793 g/mol. The number of aromatic nitrogens is 8. The van der Waals surface area contributed by atoms with Gasteiger partial charge in [0, 0.05) is 54.5 Å². The molecule has 14 aromatic rings. The summed E-state index contributed by atoms with van der Waals surface area (Å²) in [5.41, 5.74) is 12.2. The minimum atomic E-state index is 0.521. The molecule has 6 aromatic heterocycles. The fourth-order valence-corrected chi connectivity index (χ4v) is 10.0. The lowest BCUT2D eigenvalue weighted by molar-refractivity contribution is 0.983. The van der Waals surface area contributed by atoms with Gasteiger partial charge in [-0.3, -0.25) is 9.13 Å². The summed E-state index contributed by atoms with van der Waals surface area (Å²) in [6.07, 6.45) is 3.64. The quantitative estimate of drug-likeness (QED) is 0.178. The summed E-state index contributed by atoms with van der Waals surface area (Å²) >= 11 is 0. The normalized spacial score (nSPS) is 12.2. The standard InChI is InChI=1S/C54H32N8/c1-3-15-33(16-4-1)59-44-23-11-7-19-35(44)39-29-50-41(27-48(39)59)37-21-9-13-25-46(37)61(50)52-32-55-43-31-56-54(58-53(43)57-52)62-47-26-14-10-22-38(47)42-28-49-40(30-51(42)62)36-20-8-12-24-45(36)60(49)34-17-5-2-6-18-34/h1-32H. The molecular weight excluding hydrogens is 761 g/mol. The molecule has 6 heterocycles. The summed E-state index contributed by atoms with van der Waals surface area (Å²) < 4.78 is 9.13. The first-order chi connectivity index (χ1) is 30.8. The fourth-order valence-electron chi connectivity index (χ4n) is 10.0. The molecule has 0 N–H and O–H groups in total. The predicted octanol–water partition coefficient (Wildman–Crippen LogP) is 12.8. The van der Waals surface area contributed by atoms with Crippen LogP contribution < -0.4 is 0 Å². The first-order valence-electron chi connectivity index (χ1n) is 20.8. The van der Waals surface area contributed by atoms with Crippen LogP contribution in [0.3, 0.4) is 0 Å². The summed E-state index contributed by atoms with van der Waals surface area (Å²) in [7, 11) is 0. The zero-order chi connectivity index (χ0) is 40.5. The van der Waals surface area contributed by atoms with E-state index in [0.717, 1.165) is 76.9 Å². The molecule has 0 fully saturated rings. The minimum Gasteiger partial charge on any atom is -0.309 e. The lowest BCUT2D eigenvalue weighted by Crippen LogP contribution is -2.05. The van der Waals surface area contributed by atoms with Crippen molar-refractivity contribution in [2.24, 2.45) is 0 Å². The molecule has 0 radical (unpaired) electrons. The molecule has 288 valence electrons. The molecule has 0 spiro atoms. The van der Waals surface area contributed by atoms with E-state index in [1.54, 1.807) is 6.20 Å². The predicted molar refractivity (Wildman–Crippen MR) is 252 cm³/mol. The molecule has 0 amide bonds. The van der Waals surface area contributed by atoms with Gasteiger partial charge in [0.15, 0.2) is 11.5 Å². The molecule has 8 heteroatoms. The van der Waals surface area contributed by atoms with Crippen LogP contribution in [-0.4, -0.2) is 38.2 Å². The van der Waals surface area contributed by atoms with Gasteiger partial charge in [0.1, 0.15) is 5.52 Å². The van der Waals surface area contributed by atoms with Crippen LogP contribution in [0.2, 0.25) is 0 Å². The highest BCUT2D eigenvalue weighted by Crippen LogP contribution is 2.41. The van der Waals surface area contributed by atoms with E-state index < -0.39 is 0 Å². The van der Waals surface area contributed by atoms with Crippen molar-refractivity contribution in [2.45, 2.75) is 0 Å². The Morgan fingerprint density at radius 2 is 0.677 bits per heavy atom. The van der Waals surface area contributed by atoms with Gasteiger partial charge < -0.3 is 9.13 Å². The number of para-hydroxylation sites is 6. The van der Waals surface area contributed by atoms with Crippen LogP contribution >= 0.6 is 0 Å². The molecule has 0 unspecified atom stereocenters. The number of nitrogens with zero attached hydrogens (tertiary/aromatic N) is 8. The van der Waals surface area contributed by atoms with Gasteiger partial charge >= 0.3 is 0 Å². The third-order valence-corrected chi connectivity index (χ3v) is 12.7. The van der Waals surface area contributed by atoms with Crippen molar-refractivity contribution in [3.63, 3.8) is 0 Å². The van der Waals surface area contributed by atoms with Gasteiger partial charge in [-0.1, -0.05) is 109 Å². The topological polar surface area (TPSA) is 71.3 Å². The van der Waals surface area contributed by atoms with Crippen LogP contribution in [0.15, 0.2) is 194 Å². The second-order valence-electron chi connectivity index (χ2n) is 16.0. The maximum atomic E-state index is 5.30. The van der Waals surface area contributed by atoms with Crippen molar-refractivity contribution in [2.75, 3.05) is 0 Å². The zero-order valence-corrected chi connectivity index (χ0v) is 33.1. The van der Waals surface area contributed by atoms with Gasteiger partial charge in [0.25, 0.3) is 0 Å². The Bertz CT molecular complexity index is 3890. The third kappa shape index (κ3) is 4.55. The van der Waals surface area contributed by atoms with E-state index in [2.05, 4.69) is 200 Å². The van der Waals surface area contributed by atoms with Gasteiger partial charge in [-0.05, 0) is 72.8 Å². The average Bonchev–Trinajstić information content (AvgIpc) is 4.05. The molecule has 0 aliphatic rings. The van der Waals surface area contributed by atoms with Crippen LogP contribution in [-0.2, 0) is 0 Å². The van der Waals surface area contributed by atoms with E-state index >= 15 is 0 Å². The number of benzene rings is 8. The lowest BCUT2D eigenvalue weighted by atomic mass is 10.1. The molecule has 0 saturated carbocycles. The van der Waals surface area contributed by atoms with E-state index in [4.69, 9.17) is 19.9 Å². The number of hydrogen-bond acceptors (Lipinski definition) is 4. The number of fused-ring (bicyclic) bond motifs is 13. The smallest absolute Gasteiger partial charge is 0.236 e. The van der Waals surface area contributed by atoms with Gasteiger partial charge in [0.05, 0.1) is 56.5 Å². The van der Waals surface area contributed by atoms with E-state index in [-0.39, 0.29) is 0 Å². The Labute approximate surface area is 352 Å². The summed E-state index contributed by atoms with van der Waals surface area (Å²) in [5.74, 6) is 1.23. The van der Waals surface area contributed by atoms with Crippen LogP contribution in [0.1, 0.15) is 0 Å². The van der Waals surface area contributed by atoms with Gasteiger partial charge in [0.2, 0.25) is 5.95 Å². The van der Waals surface area contributed by atoms with E-state index in [1.807, 2.05) is 6.20 Å². The highest BCUT2D eigenvalue weighted by molar-refractivity contribution is 6.20. The van der Waals surface area contributed by atoms with Crippen LogP contribution in [0.5, 0.6) is 0 Å². The Balaban J connectivity index is 0.999. The fraction of sp³-hybridized carbons (Fsp3) is 0. The molecular formula is C54H32N8. The molecule has 62 heavy (non-hydrogen) atoms. The minimum absolute atomic E-state index is 0.521. The van der Waals surface area contributed by atoms with Gasteiger partial charge in [-0.15, -0.1) is 0 Å². The van der Waals surface area contributed by atoms with Crippen molar-refractivity contribution in [3.8, 4) is 23.1 Å². The maximum Gasteiger partial charge on any atom is 0.236 e. The monoisotopic (exact) mass is 792 g/mol. The lowest BCUT2D eigenvalue weighted by Gasteiger charge is -2.10. The summed E-state index contributed by atoms with van der Waals surface area (Å²) in [5, 5.41) is 9.26. The molecule has 8 nitrogen and oxygen atoms in total. The van der Waals surface area contributed by atoms with Crippen molar-refractivity contribution >= 4 is 98.4 Å². The van der Waals surface area contributed by atoms with Crippen molar-refractivity contribution in [3.05, 3.63) is 194 Å². The second-order valence-corrected chi connectivity index (χ2v) is 16.0. The Hall–Kier alpha value is -8.62. The second kappa shape index (κ2) is 12.5. The van der Waals surface area contributed by atoms with Gasteiger partial charge in [-0.25, -0.2) is 15.0 Å². The molecule has 0 saturated heterocycles. The van der Waals surface area contributed by atoms with Crippen LogP contribution in [0.4, 0.5) is 0 Å². The number of rotatable bonds is 4. The SMILES string of the molecule is c1ccc(-n2c3ccccc3c3cc4c(cc32)c2ccccc2n4-c2cnc3cnc(-n4c5ccccc5c5cc6c(cc54)c4ccccc4n6-c4ccccc4)nc3n2)cc1. The molecule has 0 aliphatic heterocycles. The van der Waals surface area contributed by atoms with Gasteiger partial charge in [-0.2, -0.15) is 4.98 Å². The van der Waals surface area contributed by atoms with Crippen molar-refractivity contribution in [1.29, 1.82) is 0 Å². The Morgan fingerprint density at radius 1 is 0.290 bits per heavy atom. The first kappa shape index (κ1) is 33.2. The van der Waals surface area contributed by atoms with Crippen LogP contribution in [0, 0.1) is 0 Å². The van der Waals surface area contributed by atoms with Crippen molar-refractivity contribution in [1.82, 2.24) is 38.2 Å². The summed E-state index contributed by atoms with van der Waals surface area (Å²) in [4.78, 5) is 20.4. The molecule has 0 atom stereocenters. The van der Waals surface area contributed by atoms with E-state index in [0.29, 0.717) is 22.9 Å². The molecule has 0 aliphatic carbocycles. The largest absolute Gasteiger partial charge is 0.309 e. The summed E-state index contributed by atoms with van der Waals surface area (Å²) in [6, 6.07) is 64.8. The molecule has 14 rings (SSSR count). The molecule has 8 aromatic carbocycles. The Kier molecular flexibility index (Phi) is 6.68. The van der Waals surface area contributed by atoms with Crippen molar-refractivity contribution < 1.29 is 0 Å². The zero-order valence-electron chi connectivity index (χ0n) is 33.1. The molecule has 0 bridgehead atoms. The first-order valence-corrected chi connectivity index (χ1v) is 20.8. The van der Waals surface area contributed by atoms with Crippen LogP contribution in [0.25, 0.3) is 122 Å². The maximum absolute atomic E-state index is 5.30. The highest BCUT2D eigenvalue weighted by Gasteiger charge is 2.22. The number of hydrogen-bond donors (Lipinski definition) is 0. The third-order valence-electron chi connectivity index (χ3n) is 12.7.